The number of carbonyl (C=O) groups is 1. The molecule has 0 radical (unpaired) electrons. The Labute approximate surface area is 158 Å². The summed E-state index contributed by atoms with van der Waals surface area (Å²) in [6, 6.07) is 10.4. The summed E-state index contributed by atoms with van der Waals surface area (Å²) < 4.78 is 7.28. The van der Waals surface area contributed by atoms with Gasteiger partial charge >= 0.3 is 5.97 Å². The second-order valence-electron chi connectivity index (χ2n) is 7.83. The molecule has 0 spiro atoms. The molecule has 0 bridgehead atoms. The third-order valence-corrected chi connectivity index (χ3v) is 5.05. The molecule has 5 nitrogen and oxygen atoms in total. The van der Waals surface area contributed by atoms with E-state index in [9.17, 15) is 10.1 Å². The number of esters is 1. The standard InChI is InChI=1S/C22H21N3O2/c1-5-13-6-8-14(9-7-13)17-18-15(10-23)11-25(22(2,3)4)20(18)24-16-12-27-21(26)19(16)17/h6-9,11H,5,12H2,1-4H3. The van der Waals surface area contributed by atoms with Crippen LogP contribution in [0.15, 0.2) is 30.5 Å². The van der Waals surface area contributed by atoms with E-state index < -0.39 is 0 Å². The van der Waals surface area contributed by atoms with Gasteiger partial charge in [-0.3, -0.25) is 0 Å². The molecule has 3 aromatic rings. The second-order valence-corrected chi connectivity index (χ2v) is 7.83. The van der Waals surface area contributed by atoms with Crippen LogP contribution >= 0.6 is 0 Å². The van der Waals surface area contributed by atoms with Crippen LogP contribution in [0.1, 0.15) is 54.9 Å². The van der Waals surface area contributed by atoms with E-state index in [1.165, 1.54) is 5.56 Å². The van der Waals surface area contributed by atoms with Crippen LogP contribution in [0.4, 0.5) is 0 Å². The van der Waals surface area contributed by atoms with Gasteiger partial charge in [-0.25, -0.2) is 9.78 Å². The Balaban J connectivity index is 2.15. The maximum Gasteiger partial charge on any atom is 0.341 e. The number of ether oxygens (including phenoxy) is 1. The molecular formula is C22H21N3O2. The first-order chi connectivity index (χ1) is 12.8. The molecule has 0 aliphatic carbocycles. The first kappa shape index (κ1) is 17.3. The summed E-state index contributed by atoms with van der Waals surface area (Å²) in [5.74, 6) is -0.374. The average molecular weight is 359 g/mol. The number of nitrogens with zero attached hydrogens (tertiary/aromatic N) is 3. The Hall–Kier alpha value is -3.13. The van der Waals surface area contributed by atoms with E-state index in [0.717, 1.165) is 17.5 Å². The monoisotopic (exact) mass is 359 g/mol. The highest BCUT2D eigenvalue weighted by Gasteiger charge is 2.32. The highest BCUT2D eigenvalue weighted by atomic mass is 16.5. The number of pyridine rings is 1. The van der Waals surface area contributed by atoms with Crippen LogP contribution in [0, 0.1) is 11.3 Å². The lowest BCUT2D eigenvalue weighted by atomic mass is 9.94. The predicted octanol–water partition coefficient (Wildman–Crippen LogP) is 4.56. The topological polar surface area (TPSA) is 67.9 Å². The van der Waals surface area contributed by atoms with Crippen LogP contribution in [-0.2, 0) is 23.3 Å². The highest BCUT2D eigenvalue weighted by molar-refractivity contribution is 6.10. The van der Waals surface area contributed by atoms with Crippen molar-refractivity contribution in [2.45, 2.75) is 46.3 Å². The summed E-state index contributed by atoms with van der Waals surface area (Å²) >= 11 is 0. The van der Waals surface area contributed by atoms with Crippen LogP contribution < -0.4 is 0 Å². The number of hydrogen-bond donors (Lipinski definition) is 0. The van der Waals surface area contributed by atoms with Gasteiger partial charge in [0.1, 0.15) is 18.3 Å². The van der Waals surface area contributed by atoms with Crippen LogP contribution in [0.25, 0.3) is 22.2 Å². The Morgan fingerprint density at radius 3 is 2.52 bits per heavy atom. The molecule has 3 heterocycles. The maximum atomic E-state index is 12.5. The minimum Gasteiger partial charge on any atom is -0.455 e. The molecule has 0 saturated heterocycles. The first-order valence-electron chi connectivity index (χ1n) is 9.10. The molecule has 4 rings (SSSR count). The summed E-state index contributed by atoms with van der Waals surface area (Å²) in [7, 11) is 0. The first-order valence-corrected chi connectivity index (χ1v) is 9.10. The van der Waals surface area contributed by atoms with Crippen LogP contribution in [-0.4, -0.2) is 15.5 Å². The SMILES string of the molecule is CCc1ccc(-c2c3c(nc4c2c(C#N)cn4C(C)(C)C)COC3=O)cc1. The number of benzene rings is 1. The summed E-state index contributed by atoms with van der Waals surface area (Å²) in [5, 5.41) is 10.5. The van der Waals surface area contributed by atoms with Crippen molar-refractivity contribution in [2.75, 3.05) is 0 Å². The fraction of sp³-hybridized carbons (Fsp3) is 0.318. The Morgan fingerprint density at radius 2 is 1.93 bits per heavy atom. The van der Waals surface area contributed by atoms with E-state index in [-0.39, 0.29) is 18.1 Å². The lowest BCUT2D eigenvalue weighted by Gasteiger charge is -2.22. The zero-order valence-electron chi connectivity index (χ0n) is 16.0. The van der Waals surface area contributed by atoms with Gasteiger partial charge in [0.2, 0.25) is 0 Å². The quantitative estimate of drug-likeness (QED) is 0.629. The Kier molecular flexibility index (Phi) is 3.81. The average Bonchev–Trinajstić information content (AvgIpc) is 3.21. The molecular weight excluding hydrogens is 338 g/mol. The van der Waals surface area contributed by atoms with Gasteiger partial charge in [0.15, 0.2) is 0 Å². The summed E-state index contributed by atoms with van der Waals surface area (Å²) in [4.78, 5) is 17.2. The van der Waals surface area contributed by atoms with Gasteiger partial charge < -0.3 is 9.30 Å². The van der Waals surface area contributed by atoms with E-state index in [4.69, 9.17) is 9.72 Å². The van der Waals surface area contributed by atoms with Crippen molar-refractivity contribution in [1.29, 1.82) is 5.26 Å². The van der Waals surface area contributed by atoms with Gasteiger partial charge in [0, 0.05) is 22.7 Å². The van der Waals surface area contributed by atoms with Gasteiger partial charge in [-0.1, -0.05) is 31.2 Å². The van der Waals surface area contributed by atoms with Crippen molar-refractivity contribution in [1.82, 2.24) is 9.55 Å². The van der Waals surface area contributed by atoms with E-state index in [1.807, 2.05) is 22.9 Å². The fourth-order valence-electron chi connectivity index (χ4n) is 3.63. The van der Waals surface area contributed by atoms with Gasteiger partial charge in [-0.05, 0) is 38.3 Å². The van der Waals surface area contributed by atoms with Gasteiger partial charge in [0.25, 0.3) is 0 Å². The Bertz CT molecular complexity index is 1110. The number of aromatic nitrogens is 2. The second kappa shape index (κ2) is 5.95. The smallest absolute Gasteiger partial charge is 0.341 e. The van der Waals surface area contributed by atoms with Gasteiger partial charge in [-0.2, -0.15) is 5.26 Å². The normalized spacial score (nSPS) is 13.5. The van der Waals surface area contributed by atoms with Gasteiger partial charge in [-0.15, -0.1) is 0 Å². The lowest BCUT2D eigenvalue weighted by Crippen LogP contribution is -2.21. The van der Waals surface area contributed by atoms with E-state index >= 15 is 0 Å². The fourth-order valence-corrected chi connectivity index (χ4v) is 3.63. The van der Waals surface area contributed by atoms with Gasteiger partial charge in [0.05, 0.1) is 16.8 Å². The highest BCUT2D eigenvalue weighted by Crippen LogP contribution is 2.40. The van der Waals surface area contributed by atoms with E-state index in [0.29, 0.717) is 27.9 Å². The largest absolute Gasteiger partial charge is 0.455 e. The number of hydrogen-bond acceptors (Lipinski definition) is 4. The molecule has 0 amide bonds. The maximum absolute atomic E-state index is 12.5. The van der Waals surface area contributed by atoms with Crippen molar-refractivity contribution in [3.63, 3.8) is 0 Å². The molecule has 136 valence electrons. The molecule has 0 saturated carbocycles. The molecule has 0 fully saturated rings. The lowest BCUT2D eigenvalue weighted by molar-refractivity contribution is 0.0534. The van der Waals surface area contributed by atoms with Crippen molar-refractivity contribution in [2.24, 2.45) is 0 Å². The van der Waals surface area contributed by atoms with Crippen LogP contribution in [0.3, 0.4) is 0 Å². The van der Waals surface area contributed by atoms with E-state index in [2.05, 4.69) is 45.9 Å². The molecule has 0 unspecified atom stereocenters. The molecule has 0 N–H and O–H groups in total. The molecule has 5 heteroatoms. The molecule has 27 heavy (non-hydrogen) atoms. The minimum atomic E-state index is -0.374. The van der Waals surface area contributed by atoms with Crippen molar-refractivity contribution in [3.8, 4) is 17.2 Å². The zero-order chi connectivity index (χ0) is 19.3. The number of fused-ring (bicyclic) bond motifs is 2. The molecule has 1 aliphatic heterocycles. The molecule has 1 aromatic carbocycles. The number of carbonyl (C=O) groups excluding carboxylic acids is 1. The van der Waals surface area contributed by atoms with Crippen LogP contribution in [0.2, 0.25) is 0 Å². The third-order valence-electron chi connectivity index (χ3n) is 5.05. The molecule has 1 aliphatic rings. The zero-order valence-corrected chi connectivity index (χ0v) is 16.0. The predicted molar refractivity (Wildman–Crippen MR) is 103 cm³/mol. The summed E-state index contributed by atoms with van der Waals surface area (Å²) in [6.45, 7) is 8.48. The van der Waals surface area contributed by atoms with E-state index in [1.54, 1.807) is 0 Å². The van der Waals surface area contributed by atoms with Crippen molar-refractivity contribution >= 4 is 17.0 Å². The number of nitriles is 1. The molecule has 0 atom stereocenters. The number of cyclic esters (lactones) is 1. The number of aryl methyl sites for hydroxylation is 1. The third kappa shape index (κ3) is 2.60. The Morgan fingerprint density at radius 1 is 1.22 bits per heavy atom. The summed E-state index contributed by atoms with van der Waals surface area (Å²) in [5.41, 5.74) is 4.97. The summed E-state index contributed by atoms with van der Waals surface area (Å²) in [6.07, 6.45) is 2.78. The van der Waals surface area contributed by atoms with Crippen molar-refractivity contribution < 1.29 is 9.53 Å². The minimum absolute atomic E-state index is 0.168. The number of rotatable bonds is 2. The molecule has 2 aromatic heterocycles. The van der Waals surface area contributed by atoms with Crippen LogP contribution in [0.5, 0.6) is 0 Å². The van der Waals surface area contributed by atoms with Crippen molar-refractivity contribution in [3.05, 3.63) is 52.8 Å².